The first-order chi connectivity index (χ1) is 14.7. The van der Waals surface area contributed by atoms with E-state index in [2.05, 4.69) is 10.3 Å². The molecule has 0 aliphatic heterocycles. The molecule has 2 aromatic carbocycles. The molecule has 1 amide bonds. The minimum Gasteiger partial charge on any atom is -0.453 e. The van der Waals surface area contributed by atoms with E-state index in [1.165, 1.54) is 25.3 Å². The van der Waals surface area contributed by atoms with Crippen molar-refractivity contribution < 1.29 is 23.1 Å². The van der Waals surface area contributed by atoms with E-state index in [0.717, 1.165) is 22.4 Å². The molecular formula is C24H25FN2O4. The SMILES string of the molecule is Cc1cc(C)c(NC(=O)C(C)OC(=O)CCc2ncc(-c3ccc(F)cc3)o2)c(C)c1. The summed E-state index contributed by atoms with van der Waals surface area (Å²) in [6.07, 6.45) is 0.830. The highest BCUT2D eigenvalue weighted by atomic mass is 19.1. The summed E-state index contributed by atoms with van der Waals surface area (Å²) in [5, 5.41) is 2.84. The Hall–Kier alpha value is -3.48. The number of hydrogen-bond acceptors (Lipinski definition) is 5. The van der Waals surface area contributed by atoms with Gasteiger partial charge >= 0.3 is 5.97 Å². The number of ether oxygens (including phenoxy) is 1. The molecule has 0 saturated carbocycles. The van der Waals surface area contributed by atoms with Gasteiger partial charge in [0.25, 0.3) is 5.91 Å². The molecule has 1 aromatic heterocycles. The van der Waals surface area contributed by atoms with Crippen LogP contribution < -0.4 is 5.32 Å². The summed E-state index contributed by atoms with van der Waals surface area (Å²) in [6, 6.07) is 9.81. The number of esters is 1. The van der Waals surface area contributed by atoms with E-state index in [9.17, 15) is 14.0 Å². The van der Waals surface area contributed by atoms with Crippen LogP contribution in [0.5, 0.6) is 0 Å². The molecule has 0 aliphatic rings. The lowest BCUT2D eigenvalue weighted by atomic mass is 10.0. The maximum absolute atomic E-state index is 13.0. The zero-order valence-electron chi connectivity index (χ0n) is 18.0. The highest BCUT2D eigenvalue weighted by molar-refractivity contribution is 5.96. The molecular weight excluding hydrogens is 399 g/mol. The van der Waals surface area contributed by atoms with Gasteiger partial charge in [-0.2, -0.15) is 0 Å². The molecule has 0 fully saturated rings. The molecule has 6 nitrogen and oxygen atoms in total. The maximum atomic E-state index is 13.0. The molecule has 31 heavy (non-hydrogen) atoms. The number of oxazole rings is 1. The summed E-state index contributed by atoms with van der Waals surface area (Å²) < 4.78 is 23.9. The molecule has 1 N–H and O–H groups in total. The van der Waals surface area contributed by atoms with Crippen LogP contribution in [0.4, 0.5) is 10.1 Å². The van der Waals surface area contributed by atoms with E-state index in [1.807, 2.05) is 32.9 Å². The van der Waals surface area contributed by atoms with Crippen LogP contribution >= 0.6 is 0 Å². The van der Waals surface area contributed by atoms with Gasteiger partial charge in [0, 0.05) is 17.7 Å². The Morgan fingerprint density at radius 1 is 1.13 bits per heavy atom. The molecule has 0 bridgehead atoms. The van der Waals surface area contributed by atoms with Crippen LogP contribution in [-0.2, 0) is 20.7 Å². The number of aromatic nitrogens is 1. The van der Waals surface area contributed by atoms with Crippen molar-refractivity contribution in [2.24, 2.45) is 0 Å². The number of anilines is 1. The highest BCUT2D eigenvalue weighted by Gasteiger charge is 2.20. The zero-order chi connectivity index (χ0) is 22.5. The van der Waals surface area contributed by atoms with Crippen LogP contribution in [0.2, 0.25) is 0 Å². The summed E-state index contributed by atoms with van der Waals surface area (Å²) in [5.74, 6) is -0.406. The third-order valence-electron chi connectivity index (χ3n) is 4.83. The van der Waals surface area contributed by atoms with Gasteiger partial charge in [-0.15, -0.1) is 0 Å². The molecule has 0 aliphatic carbocycles. The standard InChI is InChI=1S/C24H25FN2O4/c1-14-11-15(2)23(16(3)12-14)27-24(29)17(4)30-22(28)10-9-21-26-13-20(31-21)18-5-7-19(25)8-6-18/h5-8,11-13,17H,9-10H2,1-4H3,(H,27,29). The van der Waals surface area contributed by atoms with Gasteiger partial charge in [0.1, 0.15) is 5.82 Å². The minimum atomic E-state index is -0.938. The van der Waals surface area contributed by atoms with Crippen molar-refractivity contribution in [3.63, 3.8) is 0 Å². The Kier molecular flexibility index (Phi) is 6.84. The average Bonchev–Trinajstić information content (AvgIpc) is 3.18. The number of benzene rings is 2. The van der Waals surface area contributed by atoms with Gasteiger partial charge in [0.15, 0.2) is 17.8 Å². The fourth-order valence-corrected chi connectivity index (χ4v) is 3.29. The van der Waals surface area contributed by atoms with E-state index in [0.29, 0.717) is 17.2 Å². The van der Waals surface area contributed by atoms with Gasteiger partial charge in [0.05, 0.1) is 12.6 Å². The summed E-state index contributed by atoms with van der Waals surface area (Å²) in [7, 11) is 0. The Bertz CT molecular complexity index is 1070. The molecule has 7 heteroatoms. The summed E-state index contributed by atoms with van der Waals surface area (Å²) >= 11 is 0. The number of carbonyl (C=O) groups is 2. The lowest BCUT2D eigenvalue weighted by Crippen LogP contribution is -2.30. The third kappa shape index (κ3) is 5.78. The molecule has 162 valence electrons. The maximum Gasteiger partial charge on any atom is 0.307 e. The number of aryl methyl sites for hydroxylation is 4. The van der Waals surface area contributed by atoms with Crippen molar-refractivity contribution in [1.82, 2.24) is 4.98 Å². The normalized spacial score (nSPS) is 11.8. The van der Waals surface area contributed by atoms with E-state index < -0.39 is 18.0 Å². The van der Waals surface area contributed by atoms with E-state index in [4.69, 9.17) is 9.15 Å². The highest BCUT2D eigenvalue weighted by Crippen LogP contribution is 2.23. The van der Waals surface area contributed by atoms with Crippen molar-refractivity contribution in [2.75, 3.05) is 5.32 Å². The summed E-state index contributed by atoms with van der Waals surface area (Å²) in [6.45, 7) is 7.36. The summed E-state index contributed by atoms with van der Waals surface area (Å²) in [5.41, 5.74) is 4.43. The second-order valence-electron chi connectivity index (χ2n) is 7.52. The molecule has 0 spiro atoms. The lowest BCUT2D eigenvalue weighted by molar-refractivity contribution is -0.153. The van der Waals surface area contributed by atoms with E-state index in [-0.39, 0.29) is 18.7 Å². The smallest absolute Gasteiger partial charge is 0.307 e. The van der Waals surface area contributed by atoms with Gasteiger partial charge in [0.2, 0.25) is 0 Å². The summed E-state index contributed by atoms with van der Waals surface area (Å²) in [4.78, 5) is 28.7. The predicted molar refractivity (Wildman–Crippen MR) is 115 cm³/mol. The topological polar surface area (TPSA) is 81.4 Å². The first kappa shape index (κ1) is 22.2. The molecule has 1 heterocycles. The molecule has 3 rings (SSSR count). The second-order valence-corrected chi connectivity index (χ2v) is 7.52. The third-order valence-corrected chi connectivity index (χ3v) is 4.83. The van der Waals surface area contributed by atoms with Crippen molar-refractivity contribution in [3.05, 3.63) is 71.0 Å². The van der Waals surface area contributed by atoms with Crippen molar-refractivity contribution in [1.29, 1.82) is 0 Å². The number of hydrogen-bond donors (Lipinski definition) is 1. The van der Waals surface area contributed by atoms with Gasteiger partial charge < -0.3 is 14.5 Å². The van der Waals surface area contributed by atoms with Crippen LogP contribution in [0.25, 0.3) is 11.3 Å². The Morgan fingerprint density at radius 2 is 1.77 bits per heavy atom. The number of nitrogens with one attached hydrogen (secondary N) is 1. The lowest BCUT2D eigenvalue weighted by Gasteiger charge is -2.16. The first-order valence-corrected chi connectivity index (χ1v) is 10.0. The van der Waals surface area contributed by atoms with Gasteiger partial charge in [-0.3, -0.25) is 9.59 Å². The minimum absolute atomic E-state index is 0.0174. The molecule has 1 unspecified atom stereocenters. The van der Waals surface area contributed by atoms with Crippen LogP contribution in [0, 0.1) is 26.6 Å². The Balaban J connectivity index is 1.51. The molecule has 3 aromatic rings. The fraction of sp³-hybridized carbons (Fsp3) is 0.292. The van der Waals surface area contributed by atoms with E-state index >= 15 is 0 Å². The number of halogens is 1. The number of amides is 1. The number of carbonyl (C=O) groups excluding carboxylic acids is 2. The quantitative estimate of drug-likeness (QED) is 0.545. The molecule has 0 saturated heterocycles. The first-order valence-electron chi connectivity index (χ1n) is 10.0. The Labute approximate surface area is 180 Å². The number of rotatable bonds is 7. The van der Waals surface area contributed by atoms with Gasteiger partial charge in [-0.1, -0.05) is 17.7 Å². The molecule has 1 atom stereocenters. The van der Waals surface area contributed by atoms with Crippen LogP contribution in [0.3, 0.4) is 0 Å². The van der Waals surface area contributed by atoms with Crippen molar-refractivity contribution in [3.8, 4) is 11.3 Å². The van der Waals surface area contributed by atoms with Crippen LogP contribution in [0.1, 0.15) is 35.9 Å². The predicted octanol–water partition coefficient (Wildman–Crippen LogP) is 4.91. The Morgan fingerprint density at radius 3 is 2.42 bits per heavy atom. The zero-order valence-corrected chi connectivity index (χ0v) is 18.0. The van der Waals surface area contributed by atoms with Gasteiger partial charge in [-0.25, -0.2) is 9.37 Å². The monoisotopic (exact) mass is 424 g/mol. The average molecular weight is 424 g/mol. The van der Waals surface area contributed by atoms with Crippen molar-refractivity contribution in [2.45, 2.75) is 46.6 Å². The van der Waals surface area contributed by atoms with Crippen LogP contribution in [0.15, 0.2) is 47.0 Å². The van der Waals surface area contributed by atoms with Crippen LogP contribution in [-0.4, -0.2) is 23.0 Å². The van der Waals surface area contributed by atoms with Gasteiger partial charge in [-0.05, 0) is 63.1 Å². The van der Waals surface area contributed by atoms with E-state index in [1.54, 1.807) is 12.1 Å². The largest absolute Gasteiger partial charge is 0.453 e. The van der Waals surface area contributed by atoms with Crippen molar-refractivity contribution >= 4 is 17.6 Å². The molecule has 0 radical (unpaired) electrons. The fourth-order valence-electron chi connectivity index (χ4n) is 3.29. The number of nitrogens with zero attached hydrogens (tertiary/aromatic N) is 1. The second kappa shape index (κ2) is 9.55.